The maximum absolute atomic E-state index is 11.7. The highest BCUT2D eigenvalue weighted by molar-refractivity contribution is 7.90. The molecule has 0 amide bonds. The minimum Gasteiger partial charge on any atom is -0.361 e. The van der Waals surface area contributed by atoms with Gasteiger partial charge in [0.05, 0.1) is 9.82 Å². The minimum absolute atomic E-state index is 0.0451. The van der Waals surface area contributed by atoms with E-state index in [4.69, 9.17) is 0 Å². The second kappa shape index (κ2) is 10.9. The van der Waals surface area contributed by atoms with E-state index in [0.29, 0.717) is 10.7 Å². The summed E-state index contributed by atoms with van der Waals surface area (Å²) in [6.07, 6.45) is 2.83. The van der Waals surface area contributed by atoms with Crippen molar-refractivity contribution >= 4 is 32.8 Å². The number of benzene rings is 2. The fourth-order valence-electron chi connectivity index (χ4n) is 4.81. The van der Waals surface area contributed by atoms with Crippen molar-refractivity contribution in [3.63, 3.8) is 0 Å². The molecule has 10 heteroatoms. The summed E-state index contributed by atoms with van der Waals surface area (Å²) in [7, 11) is -3.21. The van der Waals surface area contributed by atoms with E-state index < -0.39 is 14.8 Å². The standard InChI is InChI=1S/C27H33N5O4S/c1-18-15-19(2)26(20(3)16-18)29-25-10-9-24(32(33)34)27(30-25)28-22-11-13-31(14-12-22)17-21-5-7-23(8-6-21)37(4,35)36/h5-10,15-16,22H,11-14,17H2,1-4H3,(H2,28,29,30). The Kier molecular flexibility index (Phi) is 7.79. The zero-order valence-corrected chi connectivity index (χ0v) is 22.4. The van der Waals surface area contributed by atoms with E-state index >= 15 is 0 Å². The Morgan fingerprint density at radius 2 is 1.65 bits per heavy atom. The number of nitrogens with zero attached hydrogens (tertiary/aromatic N) is 3. The molecule has 9 nitrogen and oxygen atoms in total. The van der Waals surface area contributed by atoms with Crippen LogP contribution in [0.3, 0.4) is 0 Å². The number of nitro groups is 1. The molecule has 1 fully saturated rings. The first-order valence-electron chi connectivity index (χ1n) is 12.3. The van der Waals surface area contributed by atoms with Crippen LogP contribution in [-0.4, -0.2) is 48.6 Å². The van der Waals surface area contributed by atoms with Gasteiger partial charge in [-0.2, -0.15) is 0 Å². The third-order valence-corrected chi connectivity index (χ3v) is 7.82. The summed E-state index contributed by atoms with van der Waals surface area (Å²) in [5, 5.41) is 18.3. The zero-order valence-electron chi connectivity index (χ0n) is 21.6. The predicted molar refractivity (Wildman–Crippen MR) is 146 cm³/mol. The fourth-order valence-corrected chi connectivity index (χ4v) is 5.44. The molecule has 0 unspecified atom stereocenters. The monoisotopic (exact) mass is 523 g/mol. The van der Waals surface area contributed by atoms with Crippen LogP contribution in [0.15, 0.2) is 53.4 Å². The number of aryl methyl sites for hydroxylation is 3. The van der Waals surface area contributed by atoms with Crippen LogP contribution in [0.4, 0.5) is 23.0 Å². The van der Waals surface area contributed by atoms with E-state index in [9.17, 15) is 18.5 Å². The van der Waals surface area contributed by atoms with Crippen LogP contribution in [-0.2, 0) is 16.4 Å². The topological polar surface area (TPSA) is 117 Å². The van der Waals surface area contributed by atoms with Crippen LogP contribution >= 0.6 is 0 Å². The summed E-state index contributed by atoms with van der Waals surface area (Å²) in [6, 6.07) is 14.4. The molecule has 1 aliphatic heterocycles. The SMILES string of the molecule is Cc1cc(C)c(Nc2ccc([N+](=O)[O-])c(NC3CCN(Cc4ccc(S(C)(=O)=O)cc4)CC3)n2)c(C)c1. The van der Waals surface area contributed by atoms with E-state index in [2.05, 4.69) is 39.6 Å². The Morgan fingerprint density at radius 3 is 2.22 bits per heavy atom. The highest BCUT2D eigenvalue weighted by Gasteiger charge is 2.24. The van der Waals surface area contributed by atoms with Crippen molar-refractivity contribution in [2.24, 2.45) is 0 Å². The first kappa shape index (κ1) is 26.6. The molecule has 1 aromatic heterocycles. The van der Waals surface area contributed by atoms with Gasteiger partial charge in [-0.3, -0.25) is 15.0 Å². The highest BCUT2D eigenvalue weighted by Crippen LogP contribution is 2.30. The van der Waals surface area contributed by atoms with Gasteiger partial charge in [-0.1, -0.05) is 29.8 Å². The molecular formula is C27H33N5O4S. The zero-order chi connectivity index (χ0) is 26.7. The lowest BCUT2D eigenvalue weighted by molar-refractivity contribution is -0.384. The van der Waals surface area contributed by atoms with Crippen LogP contribution in [0.5, 0.6) is 0 Å². The van der Waals surface area contributed by atoms with E-state index in [-0.39, 0.29) is 17.5 Å². The van der Waals surface area contributed by atoms with Crippen LogP contribution in [0.1, 0.15) is 35.1 Å². The van der Waals surface area contributed by atoms with Gasteiger partial charge in [0.1, 0.15) is 5.82 Å². The number of likely N-dealkylation sites (tertiary alicyclic amines) is 1. The third-order valence-electron chi connectivity index (χ3n) is 6.69. The lowest BCUT2D eigenvalue weighted by atomic mass is 10.0. The smallest absolute Gasteiger partial charge is 0.311 e. The van der Waals surface area contributed by atoms with Crippen molar-refractivity contribution in [3.05, 3.63) is 80.9 Å². The first-order valence-corrected chi connectivity index (χ1v) is 14.2. The summed E-state index contributed by atoms with van der Waals surface area (Å²) < 4.78 is 23.3. The summed E-state index contributed by atoms with van der Waals surface area (Å²) >= 11 is 0. The molecule has 37 heavy (non-hydrogen) atoms. The number of hydrogen-bond donors (Lipinski definition) is 2. The maximum Gasteiger partial charge on any atom is 0.311 e. The van der Waals surface area contributed by atoms with Gasteiger partial charge in [-0.15, -0.1) is 0 Å². The number of hydrogen-bond acceptors (Lipinski definition) is 8. The average molecular weight is 524 g/mol. The third kappa shape index (κ3) is 6.64. The Bertz CT molecular complexity index is 1380. The number of aromatic nitrogens is 1. The van der Waals surface area contributed by atoms with Gasteiger partial charge in [0.2, 0.25) is 5.82 Å². The van der Waals surface area contributed by atoms with Crippen LogP contribution < -0.4 is 10.6 Å². The number of anilines is 3. The number of piperidine rings is 1. The Balaban J connectivity index is 1.41. The largest absolute Gasteiger partial charge is 0.361 e. The second-order valence-electron chi connectivity index (χ2n) is 9.83. The molecule has 4 rings (SSSR count). The van der Waals surface area contributed by atoms with Gasteiger partial charge in [0, 0.05) is 43.7 Å². The summed E-state index contributed by atoms with van der Waals surface area (Å²) in [4.78, 5) is 18.5. The molecule has 0 aliphatic carbocycles. The van der Waals surface area contributed by atoms with E-state index in [1.807, 2.05) is 26.0 Å². The molecule has 3 aromatic rings. The Hall–Kier alpha value is -3.50. The maximum atomic E-state index is 11.7. The molecule has 0 spiro atoms. The van der Waals surface area contributed by atoms with Gasteiger partial charge < -0.3 is 10.6 Å². The Labute approximate surface area is 218 Å². The van der Waals surface area contributed by atoms with Gasteiger partial charge in [0.25, 0.3) is 0 Å². The molecular weight excluding hydrogens is 490 g/mol. The van der Waals surface area contributed by atoms with Gasteiger partial charge in [0.15, 0.2) is 9.84 Å². The summed E-state index contributed by atoms with van der Waals surface area (Å²) in [5.41, 5.74) is 5.32. The average Bonchev–Trinajstić information content (AvgIpc) is 2.82. The molecule has 2 N–H and O–H groups in total. The van der Waals surface area contributed by atoms with Crippen molar-refractivity contribution in [1.29, 1.82) is 0 Å². The first-order chi connectivity index (χ1) is 17.5. The quantitative estimate of drug-likeness (QED) is 0.308. The molecule has 0 bridgehead atoms. The lowest BCUT2D eigenvalue weighted by Gasteiger charge is -2.32. The fraction of sp³-hybridized carbons (Fsp3) is 0.370. The van der Waals surface area contributed by atoms with Crippen molar-refractivity contribution in [2.75, 3.05) is 30.0 Å². The molecule has 196 valence electrons. The number of pyridine rings is 1. The molecule has 1 aliphatic rings. The number of nitrogens with one attached hydrogen (secondary N) is 2. The Morgan fingerprint density at radius 1 is 1.03 bits per heavy atom. The summed E-state index contributed by atoms with van der Waals surface area (Å²) in [6.45, 7) is 8.47. The number of sulfone groups is 1. The highest BCUT2D eigenvalue weighted by atomic mass is 32.2. The molecule has 0 radical (unpaired) electrons. The van der Waals surface area contributed by atoms with E-state index in [1.165, 1.54) is 17.9 Å². The van der Waals surface area contributed by atoms with Crippen molar-refractivity contribution in [2.45, 2.75) is 51.1 Å². The lowest BCUT2D eigenvalue weighted by Crippen LogP contribution is -2.38. The molecule has 2 heterocycles. The van der Waals surface area contributed by atoms with Crippen LogP contribution in [0.25, 0.3) is 0 Å². The van der Waals surface area contributed by atoms with Crippen LogP contribution in [0, 0.1) is 30.9 Å². The second-order valence-corrected chi connectivity index (χ2v) is 11.8. The van der Waals surface area contributed by atoms with Crippen molar-refractivity contribution < 1.29 is 13.3 Å². The van der Waals surface area contributed by atoms with Crippen LogP contribution in [0.2, 0.25) is 0 Å². The van der Waals surface area contributed by atoms with E-state index in [1.54, 1.807) is 18.2 Å². The van der Waals surface area contributed by atoms with Gasteiger partial charge in [-0.05, 0) is 68.5 Å². The van der Waals surface area contributed by atoms with Gasteiger partial charge >= 0.3 is 5.69 Å². The number of rotatable bonds is 8. The normalized spacial score (nSPS) is 14.9. The molecule has 2 aromatic carbocycles. The molecule has 0 saturated carbocycles. The van der Waals surface area contributed by atoms with Gasteiger partial charge in [-0.25, -0.2) is 13.4 Å². The van der Waals surface area contributed by atoms with Crippen molar-refractivity contribution in [3.8, 4) is 0 Å². The minimum atomic E-state index is -3.21. The molecule has 1 saturated heterocycles. The van der Waals surface area contributed by atoms with E-state index in [0.717, 1.165) is 54.9 Å². The predicted octanol–water partition coefficient (Wildman–Crippen LogP) is 5.14. The summed E-state index contributed by atoms with van der Waals surface area (Å²) in [5.74, 6) is 0.824. The molecule has 0 atom stereocenters. The van der Waals surface area contributed by atoms with Crippen molar-refractivity contribution in [1.82, 2.24) is 9.88 Å².